The molecule has 0 radical (unpaired) electrons. The van der Waals surface area contributed by atoms with Crippen LogP contribution in [0.2, 0.25) is 0 Å². The minimum atomic E-state index is -3.94. The Morgan fingerprint density at radius 3 is 2.30 bits per heavy atom. The number of carbonyl (C=O) groups excluding carboxylic acids is 1. The molecule has 0 aromatic heterocycles. The fourth-order valence-electron chi connectivity index (χ4n) is 2.18. The molecule has 0 aliphatic heterocycles. The summed E-state index contributed by atoms with van der Waals surface area (Å²) in [5.41, 5.74) is -0.203. The summed E-state index contributed by atoms with van der Waals surface area (Å²) in [7, 11) is -3.94. The second-order valence-electron chi connectivity index (χ2n) is 6.29. The molecule has 1 aliphatic carbocycles. The summed E-state index contributed by atoms with van der Waals surface area (Å²) in [4.78, 5) is 23.0. The molecule has 0 aromatic rings. The second-order valence-corrected chi connectivity index (χ2v) is 7.86. The van der Waals surface area contributed by atoms with Crippen molar-refractivity contribution in [1.29, 1.82) is 0 Å². The van der Waals surface area contributed by atoms with Crippen molar-refractivity contribution in [2.75, 3.05) is 5.75 Å². The Balaban J connectivity index is 0. The quantitative estimate of drug-likeness (QED) is 0.204. The average molecular weight is 357 g/mol. The summed E-state index contributed by atoms with van der Waals surface area (Å²) in [5, 5.41) is 11.5. The first-order chi connectivity index (χ1) is 10.0. The zero-order chi connectivity index (χ0) is 17.0. The number of rotatable bonds is 9. The van der Waals surface area contributed by atoms with Crippen LogP contribution in [0.3, 0.4) is 0 Å². The molecule has 0 saturated heterocycles. The van der Waals surface area contributed by atoms with E-state index in [0.29, 0.717) is 25.7 Å². The van der Waals surface area contributed by atoms with Gasteiger partial charge in [0.2, 0.25) is 5.91 Å². The van der Waals surface area contributed by atoms with Crippen LogP contribution < -0.4 is 34.9 Å². The third-order valence-electron chi connectivity index (χ3n) is 3.77. The van der Waals surface area contributed by atoms with Gasteiger partial charge in [0.15, 0.2) is 0 Å². The van der Waals surface area contributed by atoms with Crippen molar-refractivity contribution < 1.29 is 58.7 Å². The van der Waals surface area contributed by atoms with Crippen molar-refractivity contribution >= 4 is 22.0 Å². The topological polar surface area (TPSA) is 121 Å². The third-order valence-corrected chi connectivity index (χ3v) is 4.58. The predicted octanol–water partition coefficient (Wildman–Crippen LogP) is -1.32. The SMILES string of the molecule is CC1(C)CC1C(=O)NC(=CCCCCCS(=O)(=O)O)C(=O)O.[H-].[Na+]. The Labute approximate surface area is 160 Å². The second kappa shape index (κ2) is 9.17. The molecule has 1 amide bonds. The van der Waals surface area contributed by atoms with Gasteiger partial charge in [-0.2, -0.15) is 8.42 Å². The van der Waals surface area contributed by atoms with Crippen LogP contribution in [0.25, 0.3) is 0 Å². The van der Waals surface area contributed by atoms with Crippen LogP contribution in [0.5, 0.6) is 0 Å². The van der Waals surface area contributed by atoms with Gasteiger partial charge in [-0.15, -0.1) is 0 Å². The van der Waals surface area contributed by atoms with E-state index in [1.54, 1.807) is 0 Å². The largest absolute Gasteiger partial charge is 1.00 e. The number of amides is 1. The number of carboxylic acids is 1. The van der Waals surface area contributed by atoms with Crippen molar-refractivity contribution in [3.8, 4) is 0 Å². The fraction of sp³-hybridized carbons (Fsp3) is 0.714. The molecule has 0 bridgehead atoms. The van der Waals surface area contributed by atoms with Crippen LogP contribution in [-0.2, 0) is 19.7 Å². The maximum absolute atomic E-state index is 11.9. The first kappa shape index (κ1) is 22.6. The molecule has 0 aromatic carbocycles. The number of aliphatic carboxylic acids is 1. The van der Waals surface area contributed by atoms with Crippen LogP contribution in [-0.4, -0.2) is 35.7 Å². The smallest absolute Gasteiger partial charge is 1.00 e. The van der Waals surface area contributed by atoms with Crippen LogP contribution in [0.4, 0.5) is 0 Å². The van der Waals surface area contributed by atoms with Crippen LogP contribution in [0.1, 0.15) is 47.4 Å². The van der Waals surface area contributed by atoms with E-state index in [1.165, 1.54) is 6.08 Å². The van der Waals surface area contributed by atoms with E-state index in [-0.39, 0.29) is 59.7 Å². The van der Waals surface area contributed by atoms with E-state index in [4.69, 9.17) is 9.66 Å². The van der Waals surface area contributed by atoms with E-state index in [1.807, 2.05) is 13.8 Å². The van der Waals surface area contributed by atoms with Crippen LogP contribution in [0.15, 0.2) is 11.8 Å². The number of carbonyl (C=O) groups is 2. The number of hydrogen-bond donors (Lipinski definition) is 3. The Hall–Kier alpha value is -0.410. The molecular weight excluding hydrogens is 333 g/mol. The zero-order valence-electron chi connectivity index (χ0n) is 14.8. The van der Waals surface area contributed by atoms with E-state index in [2.05, 4.69) is 5.32 Å². The summed E-state index contributed by atoms with van der Waals surface area (Å²) in [6.45, 7) is 3.91. The average Bonchev–Trinajstić information content (AvgIpc) is 2.99. The first-order valence-electron chi connectivity index (χ1n) is 7.22. The fourth-order valence-corrected chi connectivity index (χ4v) is 2.75. The standard InChI is InChI=1S/C14H23NO6S.Na.H/c1-14(2)9-10(14)12(16)15-11(13(17)18)7-5-3-4-6-8-22(19,20)21;;/h7,10H,3-6,8-9H2,1-2H3,(H,15,16)(H,17,18)(H,19,20,21);;/q;+1;-1. The Kier molecular flexibility index (Phi) is 9.01. The maximum Gasteiger partial charge on any atom is 1.00 e. The van der Waals surface area contributed by atoms with Gasteiger partial charge in [-0.05, 0) is 31.1 Å². The van der Waals surface area contributed by atoms with Gasteiger partial charge in [-0.3, -0.25) is 9.35 Å². The molecule has 3 N–H and O–H groups in total. The molecule has 1 fully saturated rings. The molecule has 1 saturated carbocycles. The molecule has 23 heavy (non-hydrogen) atoms. The van der Waals surface area contributed by atoms with Gasteiger partial charge in [0.25, 0.3) is 10.1 Å². The summed E-state index contributed by atoms with van der Waals surface area (Å²) in [6, 6.07) is 0. The monoisotopic (exact) mass is 357 g/mol. The summed E-state index contributed by atoms with van der Waals surface area (Å²) >= 11 is 0. The summed E-state index contributed by atoms with van der Waals surface area (Å²) in [6.07, 6.45) is 4.05. The molecule has 1 aliphatic rings. The molecular formula is C14H24NNaO6S. The van der Waals surface area contributed by atoms with E-state index in [0.717, 1.165) is 6.42 Å². The first-order valence-corrected chi connectivity index (χ1v) is 8.83. The Bertz CT molecular complexity index is 576. The number of unbranched alkanes of at least 4 members (excludes halogenated alkanes) is 3. The van der Waals surface area contributed by atoms with Gasteiger partial charge in [0.05, 0.1) is 5.75 Å². The third kappa shape index (κ3) is 8.85. The van der Waals surface area contributed by atoms with Crippen LogP contribution in [0, 0.1) is 11.3 Å². The van der Waals surface area contributed by atoms with Crippen molar-refractivity contribution in [3.05, 3.63) is 11.8 Å². The van der Waals surface area contributed by atoms with Gasteiger partial charge in [-0.25, -0.2) is 4.79 Å². The zero-order valence-corrected chi connectivity index (χ0v) is 16.6. The number of nitrogens with one attached hydrogen (secondary N) is 1. The summed E-state index contributed by atoms with van der Waals surface area (Å²) < 4.78 is 29.6. The normalized spacial score (nSPS) is 19.6. The molecule has 0 heterocycles. The maximum atomic E-state index is 11.9. The van der Waals surface area contributed by atoms with Gasteiger partial charge < -0.3 is 11.8 Å². The molecule has 9 heteroatoms. The number of allylic oxidation sites excluding steroid dienone is 1. The molecule has 1 rings (SSSR count). The van der Waals surface area contributed by atoms with Crippen LogP contribution >= 0.6 is 0 Å². The van der Waals surface area contributed by atoms with Crippen molar-refractivity contribution in [1.82, 2.24) is 5.32 Å². The van der Waals surface area contributed by atoms with E-state index in [9.17, 15) is 18.0 Å². The van der Waals surface area contributed by atoms with Crippen molar-refractivity contribution in [3.63, 3.8) is 0 Å². The molecule has 7 nitrogen and oxygen atoms in total. The molecule has 128 valence electrons. The Morgan fingerprint density at radius 2 is 1.87 bits per heavy atom. The van der Waals surface area contributed by atoms with Crippen molar-refractivity contribution in [2.24, 2.45) is 11.3 Å². The molecule has 1 atom stereocenters. The van der Waals surface area contributed by atoms with Gasteiger partial charge in [0, 0.05) is 5.92 Å². The van der Waals surface area contributed by atoms with Gasteiger partial charge >= 0.3 is 35.5 Å². The molecule has 0 spiro atoms. The van der Waals surface area contributed by atoms with Crippen molar-refractivity contribution in [2.45, 2.75) is 46.0 Å². The van der Waals surface area contributed by atoms with Gasteiger partial charge in [-0.1, -0.05) is 26.3 Å². The summed E-state index contributed by atoms with van der Waals surface area (Å²) in [5.74, 6) is -1.91. The van der Waals surface area contributed by atoms with E-state index < -0.39 is 16.1 Å². The number of hydrogen-bond acceptors (Lipinski definition) is 4. The minimum absolute atomic E-state index is 0. The number of carboxylic acid groups (broad SMARTS) is 1. The molecule has 1 unspecified atom stereocenters. The minimum Gasteiger partial charge on any atom is -1.00 e. The van der Waals surface area contributed by atoms with E-state index >= 15 is 0 Å². The Morgan fingerprint density at radius 1 is 1.30 bits per heavy atom. The predicted molar refractivity (Wildman–Crippen MR) is 81.7 cm³/mol. The van der Waals surface area contributed by atoms with Gasteiger partial charge in [0.1, 0.15) is 5.70 Å².